The Bertz CT molecular complexity index is 1030. The maximum absolute atomic E-state index is 13.8. The van der Waals surface area contributed by atoms with Gasteiger partial charge in [0.1, 0.15) is 11.5 Å². The quantitative estimate of drug-likeness (QED) is 0.736. The molecule has 1 aliphatic heterocycles. The van der Waals surface area contributed by atoms with Gasteiger partial charge in [0.05, 0.1) is 5.56 Å². The molecule has 8 heteroatoms. The molecule has 1 unspecified atom stereocenters. The molecule has 2 aliphatic rings. The minimum absolute atomic E-state index is 0.0575. The number of fused-ring (bicyclic) bond motifs is 2. The molecule has 4 rings (SSSR count). The van der Waals surface area contributed by atoms with E-state index in [-0.39, 0.29) is 22.4 Å². The highest BCUT2D eigenvalue weighted by Crippen LogP contribution is 2.57. The van der Waals surface area contributed by atoms with Gasteiger partial charge in [-0.1, -0.05) is 12.2 Å². The van der Waals surface area contributed by atoms with E-state index in [1.54, 1.807) is 6.08 Å². The van der Waals surface area contributed by atoms with Crippen molar-refractivity contribution in [3.63, 3.8) is 0 Å². The summed E-state index contributed by atoms with van der Waals surface area (Å²) in [5, 5.41) is 8.98. The summed E-state index contributed by atoms with van der Waals surface area (Å²) in [6, 6.07) is 4.38. The van der Waals surface area contributed by atoms with Gasteiger partial charge in [-0.3, -0.25) is 0 Å². The molecule has 2 nitrogen and oxygen atoms in total. The van der Waals surface area contributed by atoms with Gasteiger partial charge >= 0.3 is 5.25 Å². The first kappa shape index (κ1) is 18.6. The molecule has 2 aromatic rings. The topological polar surface area (TPSA) is 29.5 Å². The zero-order valence-corrected chi connectivity index (χ0v) is 15.4. The van der Waals surface area contributed by atoms with Crippen LogP contribution in [0.3, 0.4) is 0 Å². The van der Waals surface area contributed by atoms with Crippen molar-refractivity contribution in [2.75, 3.05) is 0 Å². The average molecular weight is 414 g/mol. The third kappa shape index (κ3) is 3.30. The van der Waals surface area contributed by atoms with Crippen molar-refractivity contribution in [2.24, 2.45) is 0 Å². The molecule has 0 saturated carbocycles. The van der Waals surface area contributed by atoms with Crippen molar-refractivity contribution in [3.8, 4) is 5.75 Å². The third-order valence-electron chi connectivity index (χ3n) is 4.38. The number of thiophene rings is 1. The van der Waals surface area contributed by atoms with E-state index in [1.165, 1.54) is 23.5 Å². The fraction of sp³-hybridized carbons (Fsp3) is 0.263. The average Bonchev–Trinajstić information content (AvgIpc) is 3.13. The highest BCUT2D eigenvalue weighted by Gasteiger charge is 2.50. The maximum atomic E-state index is 13.8. The summed E-state index contributed by atoms with van der Waals surface area (Å²) < 4.78 is 61.9. The van der Waals surface area contributed by atoms with Gasteiger partial charge in [-0.2, -0.15) is 8.78 Å². The molecule has 0 saturated heterocycles. The number of ether oxygens (including phenoxy) is 1. The number of aliphatic hydroxyl groups is 1. The van der Waals surface area contributed by atoms with Gasteiger partial charge in [-0.15, -0.1) is 11.3 Å². The maximum Gasteiger partial charge on any atom is 0.327 e. The summed E-state index contributed by atoms with van der Waals surface area (Å²) in [5.74, 6) is 0.148. The molecule has 1 aliphatic carbocycles. The van der Waals surface area contributed by atoms with Gasteiger partial charge in [-0.25, -0.2) is 8.78 Å². The van der Waals surface area contributed by atoms with E-state index in [9.17, 15) is 22.7 Å². The normalized spacial score (nSPS) is 21.9. The van der Waals surface area contributed by atoms with Crippen LogP contribution in [0.25, 0.3) is 11.8 Å². The van der Waals surface area contributed by atoms with Crippen LogP contribution in [0.15, 0.2) is 40.6 Å². The lowest BCUT2D eigenvalue weighted by molar-refractivity contribution is -0.0327. The number of rotatable bonds is 3. The first-order chi connectivity index (χ1) is 12.9. The van der Waals surface area contributed by atoms with Crippen molar-refractivity contribution in [2.45, 2.75) is 35.5 Å². The van der Waals surface area contributed by atoms with Crippen molar-refractivity contribution in [3.05, 3.63) is 56.6 Å². The summed E-state index contributed by atoms with van der Waals surface area (Å²) in [4.78, 5) is -0.0575. The highest BCUT2D eigenvalue weighted by atomic mass is 32.2. The first-order valence-electron chi connectivity index (χ1n) is 8.20. The zero-order chi connectivity index (χ0) is 19.2. The number of hydrogen-bond acceptors (Lipinski definition) is 4. The summed E-state index contributed by atoms with van der Waals surface area (Å²) in [6.45, 7) is 0. The van der Waals surface area contributed by atoms with E-state index in [0.717, 1.165) is 22.6 Å². The summed E-state index contributed by atoms with van der Waals surface area (Å²) >= 11 is 1.60. The van der Waals surface area contributed by atoms with E-state index in [2.05, 4.69) is 0 Å². The molecule has 0 spiro atoms. The second kappa shape index (κ2) is 7.00. The molecule has 0 fully saturated rings. The molecule has 1 aromatic carbocycles. The largest absolute Gasteiger partial charge is 0.456 e. The van der Waals surface area contributed by atoms with Crippen LogP contribution in [0.2, 0.25) is 0 Å². The Morgan fingerprint density at radius 3 is 2.78 bits per heavy atom. The molecule has 1 atom stereocenters. The number of allylic oxidation sites excluding steroid dienone is 1. The molecule has 27 heavy (non-hydrogen) atoms. The van der Waals surface area contributed by atoms with Gasteiger partial charge in [0.15, 0.2) is 6.10 Å². The van der Waals surface area contributed by atoms with Crippen LogP contribution in [0, 0.1) is 0 Å². The number of halogens is 4. The van der Waals surface area contributed by atoms with E-state index in [0.29, 0.717) is 5.76 Å². The second-order valence-electron chi connectivity index (χ2n) is 6.10. The monoisotopic (exact) mass is 414 g/mol. The van der Waals surface area contributed by atoms with Crippen molar-refractivity contribution in [1.82, 2.24) is 0 Å². The molecule has 0 amide bonds. The Kier molecular flexibility index (Phi) is 4.82. The Morgan fingerprint density at radius 1 is 1.19 bits per heavy atom. The highest BCUT2D eigenvalue weighted by molar-refractivity contribution is 8.00. The van der Waals surface area contributed by atoms with Crippen molar-refractivity contribution in [1.29, 1.82) is 0 Å². The summed E-state index contributed by atoms with van der Waals surface area (Å²) in [6.07, 6.45) is 1.90. The predicted molar refractivity (Wildman–Crippen MR) is 97.6 cm³/mol. The standard InChI is InChI=1S/C19H14F4O2S2/c20-18(21)15-12(6-7-14-16(15)17(24)19(22,23)27-14)25-11-4-2-1-3-5-13-10(11)8-9-26-13/h2,4-9,17-18,24H,1,3H2/b4-2?,11-10?,13-5+. The molecule has 1 N–H and O–H groups in total. The zero-order valence-electron chi connectivity index (χ0n) is 13.8. The van der Waals surface area contributed by atoms with E-state index >= 15 is 0 Å². The van der Waals surface area contributed by atoms with Crippen LogP contribution >= 0.6 is 23.1 Å². The first-order valence-corrected chi connectivity index (χ1v) is 9.90. The molecule has 142 valence electrons. The van der Waals surface area contributed by atoms with Gasteiger partial charge in [0.25, 0.3) is 6.43 Å². The fourth-order valence-electron chi connectivity index (χ4n) is 3.13. The number of benzene rings is 1. The Hall–Kier alpha value is -1.77. The SMILES string of the molecule is OC1c2c(ccc(OC3=c4ccs/c4=C/CCC=C3)c2C(F)F)SC1(F)F. The Labute approximate surface area is 160 Å². The number of alkyl halides is 4. The number of thioether (sulfide) groups is 1. The predicted octanol–water partition coefficient (Wildman–Crippen LogP) is 4.74. The van der Waals surface area contributed by atoms with Crippen LogP contribution in [-0.4, -0.2) is 10.4 Å². The molecule has 0 radical (unpaired) electrons. The smallest absolute Gasteiger partial charge is 0.327 e. The third-order valence-corrected chi connectivity index (χ3v) is 6.36. The lowest BCUT2D eigenvalue weighted by Crippen LogP contribution is -2.23. The number of hydrogen-bond donors (Lipinski definition) is 1. The minimum atomic E-state index is -3.55. The lowest BCUT2D eigenvalue weighted by Gasteiger charge is -2.17. The summed E-state index contributed by atoms with van der Waals surface area (Å²) in [7, 11) is 0. The van der Waals surface area contributed by atoms with E-state index < -0.39 is 28.9 Å². The molecule has 0 bridgehead atoms. The van der Waals surface area contributed by atoms with E-state index in [4.69, 9.17) is 4.74 Å². The number of aliphatic hydroxyl groups excluding tert-OH is 1. The van der Waals surface area contributed by atoms with Gasteiger partial charge in [0, 0.05) is 20.2 Å². The van der Waals surface area contributed by atoms with Crippen molar-refractivity contribution < 1.29 is 27.4 Å². The Balaban J connectivity index is 1.87. The van der Waals surface area contributed by atoms with Crippen LogP contribution < -0.4 is 14.5 Å². The van der Waals surface area contributed by atoms with Gasteiger partial charge in [-0.05, 0) is 54.3 Å². The van der Waals surface area contributed by atoms with E-state index in [1.807, 2.05) is 23.6 Å². The van der Waals surface area contributed by atoms with Gasteiger partial charge < -0.3 is 9.84 Å². The van der Waals surface area contributed by atoms with Crippen LogP contribution in [0.5, 0.6) is 5.75 Å². The summed E-state index contributed by atoms with van der Waals surface area (Å²) in [5.41, 5.74) is -1.14. The van der Waals surface area contributed by atoms with Gasteiger partial charge in [0.2, 0.25) is 0 Å². The molecule has 2 heterocycles. The van der Waals surface area contributed by atoms with Crippen LogP contribution in [0.4, 0.5) is 17.6 Å². The fourth-order valence-corrected chi connectivity index (χ4v) is 4.98. The lowest BCUT2D eigenvalue weighted by atomic mass is 10.0. The van der Waals surface area contributed by atoms with Crippen LogP contribution in [-0.2, 0) is 0 Å². The van der Waals surface area contributed by atoms with Crippen LogP contribution in [0.1, 0.15) is 36.5 Å². The molecule has 1 aromatic heterocycles. The minimum Gasteiger partial charge on any atom is -0.456 e. The Morgan fingerprint density at radius 2 is 2.00 bits per heavy atom. The van der Waals surface area contributed by atoms with Crippen molar-refractivity contribution >= 4 is 34.9 Å². The molecular weight excluding hydrogens is 400 g/mol. The second-order valence-corrected chi connectivity index (χ2v) is 8.24. The molecular formula is C19H14F4O2S2.